The Morgan fingerprint density at radius 2 is 2.28 bits per heavy atom. The average Bonchev–Trinajstić information content (AvgIpc) is 3.27. The molecule has 0 aliphatic heterocycles. The molecule has 128 valence electrons. The second-order valence-corrected chi connectivity index (χ2v) is 6.29. The first kappa shape index (κ1) is 17.0. The van der Waals surface area contributed by atoms with Crippen LogP contribution in [-0.4, -0.2) is 22.4 Å². The predicted molar refractivity (Wildman–Crippen MR) is 93.0 cm³/mol. The maximum Gasteiger partial charge on any atom is 0.267 e. The fraction of sp³-hybridized carbons (Fsp3) is 0. The maximum atomic E-state index is 13.1. The van der Waals surface area contributed by atoms with Crippen molar-refractivity contribution in [2.24, 2.45) is 5.16 Å². The number of anilines is 2. The van der Waals surface area contributed by atoms with E-state index in [1.165, 1.54) is 35.8 Å². The first-order valence-corrected chi connectivity index (χ1v) is 8.38. The van der Waals surface area contributed by atoms with Crippen molar-refractivity contribution in [2.75, 3.05) is 10.8 Å². The number of nitrogens with one attached hydrogen (secondary N) is 2. The molecule has 0 saturated heterocycles. The molecule has 0 spiro atoms. The molecule has 25 heavy (non-hydrogen) atoms. The molecular formula is C14H9BrFN5O3S. The highest BCUT2D eigenvalue weighted by Crippen LogP contribution is 2.20. The van der Waals surface area contributed by atoms with Crippen LogP contribution in [0.3, 0.4) is 0 Å². The Labute approximate surface area is 152 Å². The Bertz CT molecular complexity index is 900. The Hall–Kier alpha value is -2.79. The normalized spacial score (nSPS) is 10.8. The molecule has 1 aromatic carbocycles. The molecule has 8 nitrogen and oxygen atoms in total. The number of halogens is 2. The standard InChI is InChI=1S/C14H9BrFN5O3S/c15-9-6-8(3-4-10(9)16)19-23-17-7-11-13(21-24-20-11)18-14(22)12-2-1-5-25-12/h1-7,19H,(H,18,21,22)/b17-7+. The first-order chi connectivity index (χ1) is 12.1. The summed E-state index contributed by atoms with van der Waals surface area (Å²) in [7, 11) is 0. The number of oxime groups is 1. The van der Waals surface area contributed by atoms with E-state index in [9.17, 15) is 9.18 Å². The van der Waals surface area contributed by atoms with Crippen LogP contribution < -0.4 is 10.8 Å². The summed E-state index contributed by atoms with van der Waals surface area (Å²) < 4.78 is 18.0. The topological polar surface area (TPSA) is 102 Å². The van der Waals surface area contributed by atoms with Gasteiger partial charge in [-0.2, -0.15) is 5.48 Å². The molecule has 2 N–H and O–H groups in total. The molecule has 0 bridgehead atoms. The van der Waals surface area contributed by atoms with Crippen molar-refractivity contribution in [2.45, 2.75) is 0 Å². The van der Waals surface area contributed by atoms with E-state index in [1.54, 1.807) is 17.5 Å². The maximum absolute atomic E-state index is 13.1. The zero-order chi connectivity index (χ0) is 17.6. The van der Waals surface area contributed by atoms with Crippen molar-refractivity contribution >= 4 is 50.9 Å². The van der Waals surface area contributed by atoms with Crippen LogP contribution in [0.1, 0.15) is 15.4 Å². The third kappa shape index (κ3) is 4.39. The molecule has 0 fully saturated rings. The van der Waals surface area contributed by atoms with Gasteiger partial charge < -0.3 is 5.32 Å². The van der Waals surface area contributed by atoms with Gasteiger partial charge >= 0.3 is 0 Å². The van der Waals surface area contributed by atoms with Crippen LogP contribution in [0.25, 0.3) is 0 Å². The third-order valence-corrected chi connectivity index (χ3v) is 4.28. The molecule has 0 unspecified atom stereocenters. The summed E-state index contributed by atoms with van der Waals surface area (Å²) in [5, 5.41) is 15.2. The van der Waals surface area contributed by atoms with Crippen LogP contribution >= 0.6 is 27.3 Å². The Morgan fingerprint density at radius 1 is 1.40 bits per heavy atom. The van der Waals surface area contributed by atoms with Crippen LogP contribution in [0.4, 0.5) is 15.9 Å². The zero-order valence-corrected chi connectivity index (χ0v) is 14.7. The molecular weight excluding hydrogens is 417 g/mol. The summed E-state index contributed by atoms with van der Waals surface area (Å²) in [5.74, 6) is -0.625. The second kappa shape index (κ2) is 7.85. The predicted octanol–water partition coefficient (Wildman–Crippen LogP) is 3.66. The van der Waals surface area contributed by atoms with Crippen molar-refractivity contribution in [1.82, 2.24) is 10.3 Å². The van der Waals surface area contributed by atoms with Crippen LogP contribution in [0.15, 0.2) is 50.0 Å². The molecule has 0 saturated carbocycles. The van der Waals surface area contributed by atoms with Crippen molar-refractivity contribution in [3.8, 4) is 0 Å². The zero-order valence-electron chi connectivity index (χ0n) is 12.3. The fourth-order valence-electron chi connectivity index (χ4n) is 1.66. The minimum absolute atomic E-state index is 0.107. The van der Waals surface area contributed by atoms with Gasteiger partial charge in [-0.15, -0.1) is 11.3 Å². The number of aromatic nitrogens is 2. The monoisotopic (exact) mass is 425 g/mol. The van der Waals surface area contributed by atoms with E-state index in [0.717, 1.165) is 0 Å². The van der Waals surface area contributed by atoms with Crippen molar-refractivity contribution < 1.29 is 18.8 Å². The number of carbonyl (C=O) groups excluding carboxylic acids is 1. The Morgan fingerprint density at radius 3 is 3.04 bits per heavy atom. The molecule has 11 heteroatoms. The van der Waals surface area contributed by atoms with E-state index in [0.29, 0.717) is 10.6 Å². The number of carbonyl (C=O) groups is 1. The van der Waals surface area contributed by atoms with E-state index in [2.05, 4.69) is 46.8 Å². The van der Waals surface area contributed by atoms with Gasteiger partial charge in [0, 0.05) is 0 Å². The van der Waals surface area contributed by atoms with Gasteiger partial charge in [0.05, 0.1) is 15.0 Å². The minimum Gasteiger partial charge on any atom is -0.301 e. The van der Waals surface area contributed by atoms with E-state index < -0.39 is 5.82 Å². The Balaban J connectivity index is 1.58. The molecule has 0 aliphatic rings. The van der Waals surface area contributed by atoms with E-state index in [4.69, 9.17) is 4.94 Å². The van der Waals surface area contributed by atoms with Crippen molar-refractivity contribution in [3.05, 3.63) is 56.6 Å². The number of rotatable bonds is 6. The lowest BCUT2D eigenvalue weighted by molar-refractivity contribution is 0.102. The first-order valence-electron chi connectivity index (χ1n) is 6.71. The summed E-state index contributed by atoms with van der Waals surface area (Å²) in [6.45, 7) is 0. The van der Waals surface area contributed by atoms with Crippen LogP contribution in [0, 0.1) is 5.82 Å². The second-order valence-electron chi connectivity index (χ2n) is 4.49. The number of amides is 1. The number of nitrogens with zero attached hydrogens (tertiary/aromatic N) is 3. The lowest BCUT2D eigenvalue weighted by atomic mass is 10.3. The molecule has 3 aromatic rings. The van der Waals surface area contributed by atoms with Gasteiger partial charge in [-0.1, -0.05) is 11.2 Å². The molecule has 3 rings (SSSR count). The largest absolute Gasteiger partial charge is 0.301 e. The quantitative estimate of drug-likeness (QED) is 0.461. The summed E-state index contributed by atoms with van der Waals surface area (Å²) in [5.41, 5.74) is 3.15. The molecule has 0 aliphatic carbocycles. The summed E-state index contributed by atoms with van der Waals surface area (Å²) in [6.07, 6.45) is 1.20. The van der Waals surface area contributed by atoms with Gasteiger partial charge in [0.25, 0.3) is 5.91 Å². The van der Waals surface area contributed by atoms with Gasteiger partial charge in [-0.05, 0) is 55.9 Å². The van der Waals surface area contributed by atoms with Crippen LogP contribution in [0.2, 0.25) is 0 Å². The molecule has 1 amide bonds. The fourth-order valence-corrected chi connectivity index (χ4v) is 2.66. The van der Waals surface area contributed by atoms with Gasteiger partial charge in [0.2, 0.25) is 5.82 Å². The van der Waals surface area contributed by atoms with E-state index in [-0.39, 0.29) is 21.9 Å². The molecule has 2 aromatic heterocycles. The highest BCUT2D eigenvalue weighted by atomic mass is 79.9. The summed E-state index contributed by atoms with van der Waals surface area (Å²) in [6, 6.07) is 7.65. The van der Waals surface area contributed by atoms with Crippen molar-refractivity contribution in [3.63, 3.8) is 0 Å². The lowest BCUT2D eigenvalue weighted by Crippen LogP contribution is -2.11. The average molecular weight is 426 g/mol. The van der Waals surface area contributed by atoms with Gasteiger partial charge in [0.15, 0.2) is 5.69 Å². The third-order valence-electron chi connectivity index (χ3n) is 2.80. The molecule has 0 atom stereocenters. The number of hydrogen-bond acceptors (Lipinski definition) is 8. The number of benzene rings is 1. The smallest absolute Gasteiger partial charge is 0.267 e. The summed E-state index contributed by atoms with van der Waals surface area (Å²) in [4.78, 5) is 17.4. The van der Waals surface area contributed by atoms with Gasteiger partial charge in [0.1, 0.15) is 12.0 Å². The van der Waals surface area contributed by atoms with Crippen LogP contribution in [0.5, 0.6) is 0 Å². The minimum atomic E-state index is -0.395. The number of thiophene rings is 1. The molecule has 2 heterocycles. The SMILES string of the molecule is O=C(Nc1nonc1/C=N/ONc1ccc(F)c(Br)c1)c1cccs1. The highest BCUT2D eigenvalue weighted by molar-refractivity contribution is 9.10. The van der Waals surface area contributed by atoms with Gasteiger partial charge in [-0.25, -0.2) is 9.02 Å². The Kier molecular flexibility index (Phi) is 5.36. The van der Waals surface area contributed by atoms with Crippen LogP contribution in [-0.2, 0) is 4.94 Å². The van der Waals surface area contributed by atoms with E-state index in [1.807, 2.05) is 0 Å². The van der Waals surface area contributed by atoms with Gasteiger partial charge in [-0.3, -0.25) is 9.73 Å². The van der Waals surface area contributed by atoms with Crippen molar-refractivity contribution in [1.29, 1.82) is 0 Å². The summed E-state index contributed by atoms with van der Waals surface area (Å²) >= 11 is 4.35. The molecule has 0 radical (unpaired) electrons. The lowest BCUT2D eigenvalue weighted by Gasteiger charge is -2.03. The highest BCUT2D eigenvalue weighted by Gasteiger charge is 2.14. The van der Waals surface area contributed by atoms with E-state index >= 15 is 0 Å². The number of hydrogen-bond donors (Lipinski definition) is 2.